The molecule has 13 heavy (non-hydrogen) atoms. The molecule has 0 saturated heterocycles. The van der Waals surface area contributed by atoms with Gasteiger partial charge in [0.05, 0.1) is 0 Å². The predicted molar refractivity (Wildman–Crippen MR) is 44.6 cm³/mol. The number of hydrogen-bond acceptors (Lipinski definition) is 1. The molecule has 2 unspecified atom stereocenters. The lowest BCUT2D eigenvalue weighted by Gasteiger charge is -2.31. The highest BCUT2D eigenvalue weighted by Gasteiger charge is 2.72. The molecule has 0 aromatic heterocycles. The topological polar surface area (TPSA) is 17.1 Å². The van der Waals surface area contributed by atoms with Crippen LogP contribution in [0.5, 0.6) is 0 Å². The van der Waals surface area contributed by atoms with Gasteiger partial charge in [0, 0.05) is 24.2 Å². The Labute approximate surface area is 76.5 Å². The van der Waals surface area contributed by atoms with Crippen LogP contribution in [-0.4, -0.2) is 11.7 Å². The van der Waals surface area contributed by atoms with Crippen LogP contribution >= 0.6 is 0 Å². The van der Waals surface area contributed by atoms with E-state index in [0.29, 0.717) is 0 Å². The van der Waals surface area contributed by atoms with E-state index in [0.717, 1.165) is 0 Å². The van der Waals surface area contributed by atoms with Crippen molar-refractivity contribution in [3.8, 4) is 0 Å². The highest BCUT2D eigenvalue weighted by Crippen LogP contribution is 2.68. The number of carbonyl (C=O) groups is 1. The van der Waals surface area contributed by atoms with E-state index in [1.54, 1.807) is 20.8 Å². The summed E-state index contributed by atoms with van der Waals surface area (Å²) in [6.45, 7) is 5.28. The van der Waals surface area contributed by atoms with Crippen LogP contribution < -0.4 is 0 Å². The first-order valence-electron chi connectivity index (χ1n) is 4.63. The molecule has 1 nitrogen and oxygen atoms in total. The van der Waals surface area contributed by atoms with E-state index in [-0.39, 0.29) is 18.6 Å². The average molecular weight is 188 g/mol. The summed E-state index contributed by atoms with van der Waals surface area (Å²) in [5.41, 5.74) is -1.32. The quantitative estimate of drug-likeness (QED) is 0.571. The molecule has 3 heteroatoms. The molecule has 2 fully saturated rings. The summed E-state index contributed by atoms with van der Waals surface area (Å²) in [7, 11) is 0. The van der Waals surface area contributed by atoms with Gasteiger partial charge < -0.3 is 0 Å². The molecule has 2 bridgehead atoms. The van der Waals surface area contributed by atoms with Crippen molar-refractivity contribution in [3.63, 3.8) is 0 Å². The fourth-order valence-electron chi connectivity index (χ4n) is 3.01. The van der Waals surface area contributed by atoms with Crippen molar-refractivity contribution in [1.29, 1.82) is 0 Å². The number of fused-ring (bicyclic) bond motifs is 2. The molecule has 0 N–H and O–H groups in total. The molecule has 0 aromatic rings. The Morgan fingerprint density at radius 3 is 2.08 bits per heavy atom. The van der Waals surface area contributed by atoms with Gasteiger partial charge in [-0.05, 0) is 5.41 Å². The summed E-state index contributed by atoms with van der Waals surface area (Å²) < 4.78 is 26.8. The van der Waals surface area contributed by atoms with E-state index in [1.165, 1.54) is 0 Å². The van der Waals surface area contributed by atoms with Gasteiger partial charge in [0.15, 0.2) is 0 Å². The molecule has 0 heterocycles. The number of alkyl halides is 2. The summed E-state index contributed by atoms with van der Waals surface area (Å²) >= 11 is 0. The van der Waals surface area contributed by atoms with Crippen LogP contribution in [0.2, 0.25) is 0 Å². The second kappa shape index (κ2) is 1.96. The molecule has 2 atom stereocenters. The molecule has 0 radical (unpaired) electrons. The van der Waals surface area contributed by atoms with E-state index >= 15 is 0 Å². The van der Waals surface area contributed by atoms with E-state index in [1.807, 2.05) is 0 Å². The van der Waals surface area contributed by atoms with Gasteiger partial charge in [-0.3, -0.25) is 4.79 Å². The summed E-state index contributed by atoms with van der Waals surface area (Å²) in [6, 6.07) is 0. The lowest BCUT2D eigenvalue weighted by atomic mass is 9.70. The Bertz CT molecular complexity index is 283. The lowest BCUT2D eigenvalue weighted by Crippen LogP contribution is -2.33. The predicted octanol–water partition coefficient (Wildman–Crippen LogP) is 2.65. The largest absolute Gasteiger partial charge is 0.299 e. The number of carbonyl (C=O) groups excluding carboxylic acids is 1. The van der Waals surface area contributed by atoms with Crippen LogP contribution in [0, 0.1) is 16.7 Å². The van der Waals surface area contributed by atoms with Gasteiger partial charge in [-0.2, -0.15) is 0 Å². The molecular weight excluding hydrogens is 174 g/mol. The second-order valence-corrected chi connectivity index (χ2v) is 5.17. The number of halogens is 2. The minimum absolute atomic E-state index is 0.0217. The molecule has 2 aliphatic carbocycles. The van der Waals surface area contributed by atoms with Crippen molar-refractivity contribution in [1.82, 2.24) is 0 Å². The van der Waals surface area contributed by atoms with Crippen LogP contribution in [0.1, 0.15) is 33.6 Å². The van der Waals surface area contributed by atoms with E-state index in [4.69, 9.17) is 0 Å². The summed E-state index contributed by atoms with van der Waals surface area (Å²) in [6.07, 6.45) is -0.188. The Morgan fingerprint density at radius 2 is 1.85 bits per heavy atom. The van der Waals surface area contributed by atoms with Gasteiger partial charge in [0.2, 0.25) is 0 Å². The standard InChI is InChI=1S/C10H14F2O/c1-8(2)6-4-7(13)9(8,3)5-10(6,11)12/h6H,4-5H2,1-3H3. The minimum atomic E-state index is -2.63. The third-order valence-electron chi connectivity index (χ3n) is 4.40. The SMILES string of the molecule is CC12CC(F)(F)C(CC1=O)C2(C)C. The number of ketones is 1. The monoisotopic (exact) mass is 188 g/mol. The molecule has 0 aromatic carbocycles. The first-order chi connectivity index (χ1) is 5.72. The normalized spacial score (nSPS) is 45.6. The molecule has 2 saturated carbocycles. The van der Waals surface area contributed by atoms with Gasteiger partial charge in [-0.15, -0.1) is 0 Å². The Morgan fingerprint density at radius 1 is 1.31 bits per heavy atom. The highest BCUT2D eigenvalue weighted by atomic mass is 19.3. The Hall–Kier alpha value is -0.470. The molecule has 0 amide bonds. The average Bonchev–Trinajstić information content (AvgIpc) is 2.16. The van der Waals surface area contributed by atoms with Crippen LogP contribution in [0.4, 0.5) is 8.78 Å². The molecule has 74 valence electrons. The fraction of sp³-hybridized carbons (Fsp3) is 0.900. The Kier molecular flexibility index (Phi) is 1.37. The van der Waals surface area contributed by atoms with Gasteiger partial charge in [-0.1, -0.05) is 20.8 Å². The van der Waals surface area contributed by atoms with Crippen molar-refractivity contribution in [2.45, 2.75) is 39.5 Å². The van der Waals surface area contributed by atoms with Crippen LogP contribution in [0.3, 0.4) is 0 Å². The zero-order valence-electron chi connectivity index (χ0n) is 8.16. The zero-order valence-corrected chi connectivity index (χ0v) is 8.16. The summed E-state index contributed by atoms with van der Waals surface area (Å²) in [5, 5.41) is 0. The van der Waals surface area contributed by atoms with E-state index < -0.39 is 22.7 Å². The molecule has 2 rings (SSSR count). The number of Topliss-reactive ketones (excluding diaryl/α,β-unsaturated/α-hetero) is 1. The van der Waals surface area contributed by atoms with Crippen molar-refractivity contribution >= 4 is 5.78 Å². The van der Waals surface area contributed by atoms with Gasteiger partial charge in [0.25, 0.3) is 5.92 Å². The van der Waals surface area contributed by atoms with Crippen LogP contribution in [0.25, 0.3) is 0 Å². The second-order valence-electron chi connectivity index (χ2n) is 5.17. The first kappa shape index (κ1) is 9.10. The van der Waals surface area contributed by atoms with Gasteiger partial charge in [-0.25, -0.2) is 8.78 Å². The van der Waals surface area contributed by atoms with Crippen molar-refractivity contribution in [2.75, 3.05) is 0 Å². The lowest BCUT2D eigenvalue weighted by molar-refractivity contribution is -0.135. The van der Waals surface area contributed by atoms with Crippen molar-refractivity contribution in [2.24, 2.45) is 16.7 Å². The molecule has 0 spiro atoms. The van der Waals surface area contributed by atoms with Crippen molar-refractivity contribution < 1.29 is 13.6 Å². The Balaban J connectivity index is 2.52. The van der Waals surface area contributed by atoms with Crippen molar-refractivity contribution in [3.05, 3.63) is 0 Å². The fourth-order valence-corrected chi connectivity index (χ4v) is 3.01. The smallest absolute Gasteiger partial charge is 0.252 e. The maximum absolute atomic E-state index is 13.4. The highest BCUT2D eigenvalue weighted by molar-refractivity contribution is 5.89. The molecule has 2 aliphatic rings. The molecule has 0 aliphatic heterocycles. The van der Waals surface area contributed by atoms with E-state index in [2.05, 4.69) is 0 Å². The minimum Gasteiger partial charge on any atom is -0.299 e. The number of hydrogen-bond donors (Lipinski definition) is 0. The third kappa shape index (κ3) is 0.785. The van der Waals surface area contributed by atoms with Crippen LogP contribution in [0.15, 0.2) is 0 Å². The maximum atomic E-state index is 13.4. The number of rotatable bonds is 0. The van der Waals surface area contributed by atoms with Gasteiger partial charge >= 0.3 is 0 Å². The van der Waals surface area contributed by atoms with E-state index in [9.17, 15) is 13.6 Å². The maximum Gasteiger partial charge on any atom is 0.252 e. The summed E-state index contributed by atoms with van der Waals surface area (Å²) in [4.78, 5) is 11.5. The molecular formula is C10H14F2O. The summed E-state index contributed by atoms with van der Waals surface area (Å²) in [5.74, 6) is -3.35. The first-order valence-corrected chi connectivity index (χ1v) is 4.63. The zero-order chi connectivity index (χ0) is 10.1. The van der Waals surface area contributed by atoms with Gasteiger partial charge in [0.1, 0.15) is 5.78 Å². The third-order valence-corrected chi connectivity index (χ3v) is 4.40. The van der Waals surface area contributed by atoms with Crippen LogP contribution in [-0.2, 0) is 4.79 Å².